The number of anilines is 1. The maximum atomic E-state index is 3.69. The zero-order valence-corrected chi connectivity index (χ0v) is 12.9. The molecule has 1 nitrogen and oxygen atoms in total. The molecular formula is C18H18BrN. The number of hydrogen-bond donors (Lipinski definition) is 1. The lowest BCUT2D eigenvalue weighted by atomic mass is 9.93. The lowest BCUT2D eigenvalue weighted by Gasteiger charge is -2.20. The first-order valence-electron chi connectivity index (χ1n) is 7.41. The molecule has 2 aromatic rings. The Morgan fingerprint density at radius 1 is 1.00 bits per heavy atom. The van der Waals surface area contributed by atoms with E-state index in [9.17, 15) is 0 Å². The highest BCUT2D eigenvalue weighted by molar-refractivity contribution is 9.10. The Bertz CT molecular complexity index is 676. The highest BCUT2D eigenvalue weighted by Gasteiger charge is 2.35. The molecule has 3 unspecified atom stereocenters. The van der Waals surface area contributed by atoms with E-state index in [0.717, 1.165) is 24.3 Å². The summed E-state index contributed by atoms with van der Waals surface area (Å²) in [6, 6.07) is 12.9. The van der Waals surface area contributed by atoms with Crippen molar-refractivity contribution in [1.29, 1.82) is 0 Å². The summed E-state index contributed by atoms with van der Waals surface area (Å²) in [5.41, 5.74) is 1.26. The van der Waals surface area contributed by atoms with E-state index < -0.39 is 0 Å². The third kappa shape index (κ3) is 2.07. The zero-order valence-electron chi connectivity index (χ0n) is 11.4. The van der Waals surface area contributed by atoms with E-state index in [2.05, 4.69) is 69.8 Å². The van der Waals surface area contributed by atoms with Gasteiger partial charge in [0.15, 0.2) is 0 Å². The first-order chi connectivity index (χ1) is 9.81. The summed E-state index contributed by atoms with van der Waals surface area (Å²) >= 11 is 3.64. The molecule has 0 amide bonds. The van der Waals surface area contributed by atoms with Gasteiger partial charge in [-0.2, -0.15) is 0 Å². The second kappa shape index (κ2) is 4.92. The molecule has 2 heteroatoms. The van der Waals surface area contributed by atoms with Crippen LogP contribution in [-0.4, -0.2) is 6.54 Å². The summed E-state index contributed by atoms with van der Waals surface area (Å²) in [7, 11) is 0. The first kappa shape index (κ1) is 12.5. The number of benzene rings is 2. The SMILES string of the molecule is Brc1ccc(NCC2CC3C=CC2C3)c2ccccc12. The molecule has 1 saturated carbocycles. The molecule has 0 heterocycles. The summed E-state index contributed by atoms with van der Waals surface area (Å²) in [5, 5.41) is 6.28. The molecule has 0 radical (unpaired) electrons. The standard InChI is InChI=1S/C18H18BrN/c19-17-7-8-18(16-4-2-1-3-15(16)17)20-11-14-10-12-5-6-13(14)9-12/h1-8,12-14,20H,9-11H2. The average molecular weight is 328 g/mol. The minimum Gasteiger partial charge on any atom is -0.384 e. The summed E-state index contributed by atoms with van der Waals surface area (Å²) in [4.78, 5) is 0. The van der Waals surface area contributed by atoms with Crippen LogP contribution >= 0.6 is 15.9 Å². The van der Waals surface area contributed by atoms with E-state index in [1.54, 1.807) is 0 Å². The van der Waals surface area contributed by atoms with Gasteiger partial charge in [-0.1, -0.05) is 52.3 Å². The molecule has 4 rings (SSSR count). The van der Waals surface area contributed by atoms with E-state index in [4.69, 9.17) is 0 Å². The van der Waals surface area contributed by atoms with Crippen LogP contribution < -0.4 is 5.32 Å². The van der Waals surface area contributed by atoms with E-state index in [0.29, 0.717) is 0 Å². The van der Waals surface area contributed by atoms with Gasteiger partial charge in [0.1, 0.15) is 0 Å². The quantitative estimate of drug-likeness (QED) is 0.761. The molecule has 2 aromatic carbocycles. The molecule has 1 fully saturated rings. The lowest BCUT2D eigenvalue weighted by Crippen LogP contribution is -2.18. The molecule has 0 saturated heterocycles. The van der Waals surface area contributed by atoms with Crippen molar-refractivity contribution >= 4 is 32.4 Å². The van der Waals surface area contributed by atoms with Crippen LogP contribution in [0.1, 0.15) is 12.8 Å². The van der Waals surface area contributed by atoms with Crippen molar-refractivity contribution in [3.8, 4) is 0 Å². The molecule has 1 N–H and O–H groups in total. The van der Waals surface area contributed by atoms with Gasteiger partial charge in [-0.05, 0) is 48.1 Å². The van der Waals surface area contributed by atoms with Crippen molar-refractivity contribution in [2.24, 2.45) is 17.8 Å². The second-order valence-electron chi connectivity index (χ2n) is 6.06. The summed E-state index contributed by atoms with van der Waals surface area (Å²) in [6.07, 6.45) is 7.59. The van der Waals surface area contributed by atoms with Crippen molar-refractivity contribution in [2.45, 2.75) is 12.8 Å². The fourth-order valence-electron chi connectivity index (χ4n) is 3.79. The van der Waals surface area contributed by atoms with E-state index in [-0.39, 0.29) is 0 Å². The Kier molecular flexibility index (Phi) is 3.07. The maximum absolute atomic E-state index is 3.69. The van der Waals surface area contributed by atoms with E-state index in [1.807, 2.05) is 0 Å². The molecule has 3 atom stereocenters. The van der Waals surface area contributed by atoms with Crippen LogP contribution in [0.25, 0.3) is 10.8 Å². The highest BCUT2D eigenvalue weighted by atomic mass is 79.9. The second-order valence-corrected chi connectivity index (χ2v) is 6.92. The van der Waals surface area contributed by atoms with Crippen molar-refractivity contribution in [3.05, 3.63) is 53.0 Å². The van der Waals surface area contributed by atoms with Gasteiger partial charge in [0.05, 0.1) is 0 Å². The van der Waals surface area contributed by atoms with Crippen LogP contribution in [0.3, 0.4) is 0 Å². The Morgan fingerprint density at radius 2 is 1.85 bits per heavy atom. The van der Waals surface area contributed by atoms with Crippen LogP contribution in [0.5, 0.6) is 0 Å². The number of rotatable bonds is 3. The monoisotopic (exact) mass is 327 g/mol. The number of hydrogen-bond acceptors (Lipinski definition) is 1. The summed E-state index contributed by atoms with van der Waals surface area (Å²) < 4.78 is 1.17. The van der Waals surface area contributed by atoms with Gasteiger partial charge in [0.2, 0.25) is 0 Å². The minimum absolute atomic E-state index is 0.812. The van der Waals surface area contributed by atoms with E-state index in [1.165, 1.54) is 33.8 Å². The average Bonchev–Trinajstić information content (AvgIpc) is 3.09. The van der Waals surface area contributed by atoms with Crippen LogP contribution in [0.15, 0.2) is 53.0 Å². The minimum atomic E-state index is 0.812. The van der Waals surface area contributed by atoms with Crippen molar-refractivity contribution in [2.75, 3.05) is 11.9 Å². The normalized spacial score (nSPS) is 27.4. The van der Waals surface area contributed by atoms with Gasteiger partial charge in [0.25, 0.3) is 0 Å². The molecule has 2 aliphatic carbocycles. The van der Waals surface area contributed by atoms with Crippen molar-refractivity contribution in [1.82, 2.24) is 0 Å². The number of fused-ring (bicyclic) bond motifs is 3. The van der Waals surface area contributed by atoms with Gasteiger partial charge in [-0.15, -0.1) is 0 Å². The maximum Gasteiger partial charge on any atom is 0.0420 e. The Labute approximate surface area is 128 Å². The van der Waals surface area contributed by atoms with Crippen LogP contribution in [0.2, 0.25) is 0 Å². The van der Waals surface area contributed by atoms with Gasteiger partial charge in [0, 0.05) is 22.1 Å². The third-order valence-electron chi connectivity index (χ3n) is 4.84. The van der Waals surface area contributed by atoms with Crippen LogP contribution in [0, 0.1) is 17.8 Å². The van der Waals surface area contributed by atoms with Crippen LogP contribution in [-0.2, 0) is 0 Å². The van der Waals surface area contributed by atoms with Gasteiger partial charge >= 0.3 is 0 Å². The summed E-state index contributed by atoms with van der Waals surface area (Å²) in [5.74, 6) is 2.48. The van der Waals surface area contributed by atoms with E-state index >= 15 is 0 Å². The largest absolute Gasteiger partial charge is 0.384 e. The molecule has 102 valence electrons. The fraction of sp³-hybridized carbons (Fsp3) is 0.333. The molecule has 0 aliphatic heterocycles. The topological polar surface area (TPSA) is 12.0 Å². The molecular weight excluding hydrogens is 310 g/mol. The van der Waals surface area contributed by atoms with Crippen LogP contribution in [0.4, 0.5) is 5.69 Å². The predicted octanol–water partition coefficient (Wildman–Crippen LogP) is 5.23. The zero-order chi connectivity index (χ0) is 13.5. The third-order valence-corrected chi connectivity index (χ3v) is 5.53. The number of halogens is 1. The predicted molar refractivity (Wildman–Crippen MR) is 89.0 cm³/mol. The van der Waals surface area contributed by atoms with Gasteiger partial charge in [-0.25, -0.2) is 0 Å². The molecule has 20 heavy (non-hydrogen) atoms. The van der Waals surface area contributed by atoms with Crippen molar-refractivity contribution < 1.29 is 0 Å². The summed E-state index contributed by atoms with van der Waals surface area (Å²) in [6.45, 7) is 1.09. The Morgan fingerprint density at radius 3 is 2.60 bits per heavy atom. The molecule has 0 aromatic heterocycles. The highest BCUT2D eigenvalue weighted by Crippen LogP contribution is 2.43. The smallest absolute Gasteiger partial charge is 0.0420 e. The molecule has 0 spiro atoms. The molecule has 2 bridgehead atoms. The Balaban J connectivity index is 1.57. The number of nitrogens with one attached hydrogen (secondary N) is 1. The first-order valence-corrected chi connectivity index (χ1v) is 8.20. The van der Waals surface area contributed by atoms with Gasteiger partial charge < -0.3 is 5.32 Å². The molecule has 2 aliphatic rings. The Hall–Kier alpha value is -1.28. The van der Waals surface area contributed by atoms with Gasteiger partial charge in [-0.3, -0.25) is 0 Å². The fourth-order valence-corrected chi connectivity index (χ4v) is 4.26. The van der Waals surface area contributed by atoms with Crippen molar-refractivity contribution in [3.63, 3.8) is 0 Å². The lowest BCUT2D eigenvalue weighted by molar-refractivity contribution is 0.472. The number of allylic oxidation sites excluding steroid dienone is 2.